The number of ether oxygens (including phenoxy) is 2. The summed E-state index contributed by atoms with van der Waals surface area (Å²) in [5.41, 5.74) is 1.28. The van der Waals surface area contributed by atoms with Crippen LogP contribution in [0.2, 0.25) is 0 Å². The van der Waals surface area contributed by atoms with Crippen LogP contribution in [0.3, 0.4) is 0 Å². The molecule has 4 rings (SSSR count). The molecule has 32 heavy (non-hydrogen) atoms. The molecule has 1 N–H and O–H groups in total. The van der Waals surface area contributed by atoms with Crippen molar-refractivity contribution in [3.8, 4) is 5.75 Å². The topological polar surface area (TPSA) is 84.9 Å². The second-order valence-electron chi connectivity index (χ2n) is 8.00. The highest BCUT2D eigenvalue weighted by Crippen LogP contribution is 2.31. The van der Waals surface area contributed by atoms with E-state index in [-0.39, 0.29) is 31.0 Å². The van der Waals surface area contributed by atoms with Crippen molar-refractivity contribution in [1.82, 2.24) is 10.2 Å². The van der Waals surface area contributed by atoms with Crippen molar-refractivity contribution in [3.63, 3.8) is 0 Å². The molecule has 2 heterocycles. The minimum Gasteiger partial charge on any atom is -0.493 e. The molecular weight excluding hydrogens is 415 g/mol. The average molecular weight is 440 g/mol. The van der Waals surface area contributed by atoms with Crippen LogP contribution < -0.4 is 10.1 Å². The van der Waals surface area contributed by atoms with Crippen molar-refractivity contribution < 1.29 is 28.2 Å². The quantitative estimate of drug-likeness (QED) is 0.723. The van der Waals surface area contributed by atoms with Crippen LogP contribution in [0.1, 0.15) is 41.2 Å². The zero-order chi connectivity index (χ0) is 22.5. The van der Waals surface area contributed by atoms with Gasteiger partial charge in [-0.15, -0.1) is 0 Å². The fourth-order valence-corrected chi connectivity index (χ4v) is 4.11. The highest BCUT2D eigenvalue weighted by molar-refractivity contribution is 5.94. The molecule has 2 unspecified atom stereocenters. The second kappa shape index (κ2) is 9.80. The summed E-state index contributed by atoms with van der Waals surface area (Å²) in [4.78, 5) is 39.1. The van der Waals surface area contributed by atoms with Gasteiger partial charge in [0.1, 0.15) is 11.6 Å². The third-order valence-corrected chi connectivity index (χ3v) is 5.77. The number of carbonyl (C=O) groups is 3. The Kier molecular flexibility index (Phi) is 6.68. The van der Waals surface area contributed by atoms with Crippen molar-refractivity contribution in [2.24, 2.45) is 5.92 Å². The first-order valence-corrected chi connectivity index (χ1v) is 10.7. The largest absolute Gasteiger partial charge is 0.493 e. The number of esters is 1. The molecule has 2 atom stereocenters. The number of para-hydroxylation sites is 1. The zero-order valence-corrected chi connectivity index (χ0v) is 17.6. The maximum absolute atomic E-state index is 13.1. The number of amides is 2. The molecule has 0 saturated carbocycles. The minimum atomic E-state index is -0.496. The van der Waals surface area contributed by atoms with Crippen molar-refractivity contribution >= 4 is 17.8 Å². The van der Waals surface area contributed by atoms with E-state index < -0.39 is 17.7 Å². The number of piperidine rings is 1. The van der Waals surface area contributed by atoms with Gasteiger partial charge in [0, 0.05) is 30.6 Å². The van der Waals surface area contributed by atoms with Crippen molar-refractivity contribution in [2.45, 2.75) is 25.3 Å². The Hall–Kier alpha value is -3.42. The van der Waals surface area contributed by atoms with Crippen LogP contribution in [0.15, 0.2) is 48.5 Å². The van der Waals surface area contributed by atoms with Gasteiger partial charge in [0.15, 0.2) is 6.61 Å². The predicted molar refractivity (Wildman–Crippen MR) is 113 cm³/mol. The summed E-state index contributed by atoms with van der Waals surface area (Å²) in [7, 11) is 0. The van der Waals surface area contributed by atoms with Crippen LogP contribution in [0.4, 0.5) is 4.39 Å². The molecule has 8 heteroatoms. The smallest absolute Gasteiger partial charge is 0.311 e. The van der Waals surface area contributed by atoms with Crippen molar-refractivity contribution in [2.75, 3.05) is 26.3 Å². The number of carbonyl (C=O) groups excluding carboxylic acids is 3. The number of hydrogen-bond donors (Lipinski definition) is 1. The molecule has 0 aliphatic carbocycles. The predicted octanol–water partition coefficient (Wildman–Crippen LogP) is 2.86. The SMILES string of the molecule is O=C(COC(=O)C1CCCN(C(=O)c2ccc(F)cc2)C1)NC1CCOc2ccccc21. The number of nitrogens with one attached hydrogen (secondary N) is 1. The van der Waals surface area contributed by atoms with Crippen LogP contribution in [0.25, 0.3) is 0 Å². The summed E-state index contributed by atoms with van der Waals surface area (Å²) < 4.78 is 24.0. The molecular formula is C24H25FN2O5. The molecule has 0 bridgehead atoms. The van der Waals surface area contributed by atoms with Gasteiger partial charge in [0.25, 0.3) is 11.8 Å². The minimum absolute atomic E-state index is 0.190. The van der Waals surface area contributed by atoms with Crippen LogP contribution in [0, 0.1) is 11.7 Å². The Morgan fingerprint density at radius 1 is 1.09 bits per heavy atom. The first-order valence-electron chi connectivity index (χ1n) is 10.7. The molecule has 2 amide bonds. The second-order valence-corrected chi connectivity index (χ2v) is 8.00. The number of benzene rings is 2. The van der Waals surface area contributed by atoms with Gasteiger partial charge < -0.3 is 19.7 Å². The molecule has 0 aromatic heterocycles. The van der Waals surface area contributed by atoms with Gasteiger partial charge in [-0.05, 0) is 43.2 Å². The Bertz CT molecular complexity index is 994. The number of rotatable bonds is 5. The first kappa shape index (κ1) is 21.8. The standard InChI is InChI=1S/C24H25FN2O5/c25-18-9-7-16(8-10-18)23(29)27-12-3-4-17(14-27)24(30)32-15-22(28)26-20-11-13-31-21-6-2-1-5-19(20)21/h1-2,5-10,17,20H,3-4,11-15H2,(H,26,28). The molecule has 2 aromatic rings. The third-order valence-electron chi connectivity index (χ3n) is 5.77. The number of hydrogen-bond acceptors (Lipinski definition) is 5. The van der Waals surface area contributed by atoms with Gasteiger partial charge in [-0.2, -0.15) is 0 Å². The van der Waals surface area contributed by atoms with Gasteiger partial charge in [-0.25, -0.2) is 4.39 Å². The zero-order valence-electron chi connectivity index (χ0n) is 17.6. The summed E-state index contributed by atoms with van der Waals surface area (Å²) in [6.45, 7) is 0.857. The van der Waals surface area contributed by atoms with E-state index in [4.69, 9.17) is 9.47 Å². The van der Waals surface area contributed by atoms with E-state index in [1.165, 1.54) is 24.3 Å². The lowest BCUT2D eigenvalue weighted by Crippen LogP contribution is -2.43. The first-order chi connectivity index (χ1) is 15.5. The Labute approximate surface area is 185 Å². The molecule has 0 radical (unpaired) electrons. The van der Waals surface area contributed by atoms with Gasteiger partial charge >= 0.3 is 5.97 Å². The molecule has 1 saturated heterocycles. The monoisotopic (exact) mass is 440 g/mol. The normalized spacial score (nSPS) is 20.0. The van der Waals surface area contributed by atoms with E-state index in [1.807, 2.05) is 24.3 Å². The molecule has 168 valence electrons. The van der Waals surface area contributed by atoms with Crippen molar-refractivity contribution in [1.29, 1.82) is 0 Å². The molecule has 7 nitrogen and oxygen atoms in total. The Balaban J connectivity index is 1.28. The van der Waals surface area contributed by atoms with E-state index >= 15 is 0 Å². The van der Waals surface area contributed by atoms with Gasteiger partial charge in [-0.1, -0.05) is 18.2 Å². The van der Waals surface area contributed by atoms with Gasteiger partial charge in [0.2, 0.25) is 0 Å². The van der Waals surface area contributed by atoms with Crippen molar-refractivity contribution in [3.05, 3.63) is 65.5 Å². The van der Waals surface area contributed by atoms with Gasteiger partial charge in [0.05, 0.1) is 18.6 Å². The Morgan fingerprint density at radius 2 is 1.88 bits per heavy atom. The lowest BCUT2D eigenvalue weighted by atomic mass is 9.97. The lowest BCUT2D eigenvalue weighted by molar-refractivity contribution is -0.154. The molecule has 1 fully saturated rings. The summed E-state index contributed by atoms with van der Waals surface area (Å²) in [5, 5.41) is 2.90. The molecule has 2 aliphatic rings. The number of halogens is 1. The highest BCUT2D eigenvalue weighted by atomic mass is 19.1. The average Bonchev–Trinajstić information content (AvgIpc) is 2.83. The molecule has 2 aliphatic heterocycles. The van der Waals surface area contributed by atoms with E-state index in [0.29, 0.717) is 38.0 Å². The lowest BCUT2D eigenvalue weighted by Gasteiger charge is -2.31. The van der Waals surface area contributed by atoms with Crippen LogP contribution in [-0.2, 0) is 14.3 Å². The molecule has 0 spiro atoms. The highest BCUT2D eigenvalue weighted by Gasteiger charge is 2.31. The van der Waals surface area contributed by atoms with E-state index in [9.17, 15) is 18.8 Å². The number of likely N-dealkylation sites (tertiary alicyclic amines) is 1. The maximum atomic E-state index is 13.1. The fraction of sp³-hybridized carbons (Fsp3) is 0.375. The van der Waals surface area contributed by atoms with Crippen LogP contribution in [0.5, 0.6) is 5.75 Å². The number of fused-ring (bicyclic) bond motifs is 1. The summed E-state index contributed by atoms with van der Waals surface area (Å²) in [6, 6.07) is 12.7. The van der Waals surface area contributed by atoms with Crippen LogP contribution in [-0.4, -0.2) is 49.0 Å². The maximum Gasteiger partial charge on any atom is 0.311 e. The summed E-state index contributed by atoms with van der Waals surface area (Å²) in [6.07, 6.45) is 1.87. The molecule has 2 aromatic carbocycles. The van der Waals surface area contributed by atoms with E-state index in [0.717, 1.165) is 11.3 Å². The number of nitrogens with zero attached hydrogens (tertiary/aromatic N) is 1. The van der Waals surface area contributed by atoms with Crippen LogP contribution >= 0.6 is 0 Å². The van der Waals surface area contributed by atoms with E-state index in [1.54, 1.807) is 4.90 Å². The summed E-state index contributed by atoms with van der Waals surface area (Å²) >= 11 is 0. The Morgan fingerprint density at radius 3 is 2.69 bits per heavy atom. The summed E-state index contributed by atoms with van der Waals surface area (Å²) in [5.74, 6) is -1.29. The fourth-order valence-electron chi connectivity index (χ4n) is 4.11. The third kappa shape index (κ3) is 5.07. The van der Waals surface area contributed by atoms with Gasteiger partial charge in [-0.3, -0.25) is 14.4 Å². The van der Waals surface area contributed by atoms with E-state index in [2.05, 4.69) is 5.32 Å².